The number of hydrogen-bond donors (Lipinski definition) is 1. The number of carbonyl (C=O) groups is 1. The zero-order valence-electron chi connectivity index (χ0n) is 12.2. The van der Waals surface area contributed by atoms with Crippen LogP contribution in [0.5, 0.6) is 0 Å². The largest absolute Gasteiger partial charge is 0.417 e. The normalized spacial score (nSPS) is 16.7. The lowest BCUT2D eigenvalue weighted by molar-refractivity contribution is -0.137. The zero-order chi connectivity index (χ0) is 16.3. The maximum atomic E-state index is 12.8. The molecule has 0 aliphatic carbocycles. The molecule has 0 atom stereocenters. The number of halogens is 4. The van der Waals surface area contributed by atoms with Crippen LogP contribution in [0.1, 0.15) is 25.3 Å². The molecular formula is C15H18ClF3N2O. The van der Waals surface area contributed by atoms with E-state index in [0.29, 0.717) is 19.0 Å². The van der Waals surface area contributed by atoms with E-state index in [1.807, 2.05) is 0 Å². The van der Waals surface area contributed by atoms with Crippen LogP contribution in [0, 0.1) is 5.92 Å². The number of hydrogen-bond acceptors (Lipinski definition) is 2. The van der Waals surface area contributed by atoms with E-state index in [2.05, 4.69) is 12.2 Å². The molecule has 1 aliphatic heterocycles. The molecule has 1 saturated heterocycles. The van der Waals surface area contributed by atoms with E-state index < -0.39 is 11.7 Å². The van der Waals surface area contributed by atoms with Crippen molar-refractivity contribution in [3.63, 3.8) is 0 Å². The maximum absolute atomic E-state index is 12.8. The van der Waals surface area contributed by atoms with Gasteiger partial charge < -0.3 is 10.2 Å². The molecule has 0 radical (unpaired) electrons. The highest BCUT2D eigenvalue weighted by molar-refractivity contribution is 6.31. The van der Waals surface area contributed by atoms with E-state index in [1.54, 1.807) is 4.90 Å². The van der Waals surface area contributed by atoms with Crippen molar-refractivity contribution in [3.8, 4) is 0 Å². The summed E-state index contributed by atoms with van der Waals surface area (Å²) < 4.78 is 38.3. The summed E-state index contributed by atoms with van der Waals surface area (Å²) in [6.45, 7) is 3.53. The first-order valence-corrected chi connectivity index (χ1v) is 7.53. The summed E-state index contributed by atoms with van der Waals surface area (Å²) in [4.78, 5) is 13.8. The Labute approximate surface area is 132 Å². The van der Waals surface area contributed by atoms with Gasteiger partial charge >= 0.3 is 6.18 Å². The van der Waals surface area contributed by atoms with E-state index >= 15 is 0 Å². The molecule has 1 amide bonds. The van der Waals surface area contributed by atoms with Crippen molar-refractivity contribution in [3.05, 3.63) is 28.8 Å². The van der Waals surface area contributed by atoms with Gasteiger partial charge in [-0.1, -0.05) is 18.5 Å². The smallest absolute Gasteiger partial charge is 0.376 e. The standard InChI is InChI=1S/C15H18ClF3N2O/c1-10-4-6-21(7-5-10)14(22)9-20-11-2-3-13(16)12(8-11)15(17,18)19/h2-3,8,10,20H,4-7,9H2,1H3. The highest BCUT2D eigenvalue weighted by atomic mass is 35.5. The van der Waals surface area contributed by atoms with E-state index in [-0.39, 0.29) is 23.2 Å². The maximum Gasteiger partial charge on any atom is 0.417 e. The molecule has 122 valence electrons. The number of anilines is 1. The zero-order valence-corrected chi connectivity index (χ0v) is 13.0. The predicted molar refractivity (Wildman–Crippen MR) is 79.9 cm³/mol. The van der Waals surface area contributed by atoms with Crippen LogP contribution in [0.2, 0.25) is 5.02 Å². The topological polar surface area (TPSA) is 32.3 Å². The van der Waals surface area contributed by atoms with E-state index in [4.69, 9.17) is 11.6 Å². The summed E-state index contributed by atoms with van der Waals surface area (Å²) in [5.74, 6) is 0.512. The second kappa shape index (κ2) is 6.77. The van der Waals surface area contributed by atoms with Gasteiger partial charge in [0.15, 0.2) is 0 Å². The molecule has 0 aromatic heterocycles. The highest BCUT2D eigenvalue weighted by Gasteiger charge is 2.33. The van der Waals surface area contributed by atoms with Crippen molar-refractivity contribution < 1.29 is 18.0 Å². The van der Waals surface area contributed by atoms with E-state index in [9.17, 15) is 18.0 Å². The first kappa shape index (κ1) is 16.9. The first-order chi connectivity index (χ1) is 10.3. The number of likely N-dealkylation sites (tertiary alicyclic amines) is 1. The number of amides is 1. The number of rotatable bonds is 3. The first-order valence-electron chi connectivity index (χ1n) is 7.16. The molecule has 22 heavy (non-hydrogen) atoms. The Hall–Kier alpha value is -1.43. The monoisotopic (exact) mass is 334 g/mol. The van der Waals surface area contributed by atoms with Crippen molar-refractivity contribution >= 4 is 23.2 Å². The molecule has 0 saturated carbocycles. The quantitative estimate of drug-likeness (QED) is 0.905. The lowest BCUT2D eigenvalue weighted by Gasteiger charge is -2.30. The van der Waals surface area contributed by atoms with Crippen LogP contribution < -0.4 is 5.32 Å². The molecule has 1 aromatic rings. The van der Waals surface area contributed by atoms with Gasteiger partial charge in [-0.2, -0.15) is 13.2 Å². The van der Waals surface area contributed by atoms with E-state index in [1.165, 1.54) is 12.1 Å². The van der Waals surface area contributed by atoms with Crippen LogP contribution in [0.4, 0.5) is 18.9 Å². The van der Waals surface area contributed by atoms with Gasteiger partial charge in [-0.3, -0.25) is 4.79 Å². The molecule has 1 aromatic carbocycles. The number of benzene rings is 1. The summed E-state index contributed by atoms with van der Waals surface area (Å²) in [6.07, 6.45) is -2.59. The molecule has 1 N–H and O–H groups in total. The highest BCUT2D eigenvalue weighted by Crippen LogP contribution is 2.36. The predicted octanol–water partition coefficient (Wildman–Crippen LogP) is 4.03. The third kappa shape index (κ3) is 4.29. The molecule has 3 nitrogen and oxygen atoms in total. The van der Waals surface area contributed by atoms with Gasteiger partial charge in [-0.15, -0.1) is 0 Å². The molecule has 0 bridgehead atoms. The van der Waals surface area contributed by atoms with Gasteiger partial charge in [-0.25, -0.2) is 0 Å². The van der Waals surface area contributed by atoms with Gasteiger partial charge in [-0.05, 0) is 37.0 Å². The van der Waals surface area contributed by atoms with Gasteiger partial charge in [0.05, 0.1) is 17.1 Å². The second-order valence-electron chi connectivity index (χ2n) is 5.61. The van der Waals surface area contributed by atoms with Crippen molar-refractivity contribution in [1.29, 1.82) is 0 Å². The number of carbonyl (C=O) groups excluding carboxylic acids is 1. The molecule has 7 heteroatoms. The number of piperidine rings is 1. The average molecular weight is 335 g/mol. The van der Waals surface area contributed by atoms with Gasteiger partial charge in [0, 0.05) is 18.8 Å². The fourth-order valence-electron chi connectivity index (χ4n) is 2.40. The Bertz CT molecular complexity index is 540. The SMILES string of the molecule is CC1CCN(C(=O)CNc2ccc(Cl)c(C(F)(F)F)c2)CC1. The molecule has 0 unspecified atom stereocenters. The summed E-state index contributed by atoms with van der Waals surface area (Å²) >= 11 is 5.56. The van der Waals surface area contributed by atoms with Crippen LogP contribution in [0.25, 0.3) is 0 Å². The number of nitrogens with zero attached hydrogens (tertiary/aromatic N) is 1. The van der Waals surface area contributed by atoms with Crippen LogP contribution >= 0.6 is 11.6 Å². The minimum atomic E-state index is -4.51. The van der Waals surface area contributed by atoms with Gasteiger partial charge in [0.25, 0.3) is 0 Å². The van der Waals surface area contributed by atoms with Gasteiger partial charge in [0.2, 0.25) is 5.91 Å². The molecule has 1 aliphatic rings. The minimum Gasteiger partial charge on any atom is -0.376 e. The van der Waals surface area contributed by atoms with E-state index in [0.717, 1.165) is 18.9 Å². The summed E-state index contributed by atoms with van der Waals surface area (Å²) in [5, 5.41) is 2.39. The lowest BCUT2D eigenvalue weighted by Crippen LogP contribution is -2.40. The second-order valence-corrected chi connectivity index (χ2v) is 6.02. The fraction of sp³-hybridized carbons (Fsp3) is 0.533. The van der Waals surface area contributed by atoms with Crippen LogP contribution in [0.15, 0.2) is 18.2 Å². The van der Waals surface area contributed by atoms with Gasteiger partial charge in [0.1, 0.15) is 0 Å². The summed E-state index contributed by atoms with van der Waals surface area (Å²) in [5.41, 5.74) is -0.672. The Morgan fingerprint density at radius 1 is 1.36 bits per heavy atom. The van der Waals surface area contributed by atoms with Crippen LogP contribution in [0.3, 0.4) is 0 Å². The molecule has 1 heterocycles. The van der Waals surface area contributed by atoms with Crippen LogP contribution in [-0.4, -0.2) is 30.4 Å². The molecular weight excluding hydrogens is 317 g/mol. The van der Waals surface area contributed by atoms with Crippen LogP contribution in [-0.2, 0) is 11.0 Å². The third-order valence-corrected chi connectivity index (χ3v) is 4.18. The summed E-state index contributed by atoms with van der Waals surface area (Å²) in [7, 11) is 0. The molecule has 0 spiro atoms. The molecule has 2 rings (SSSR count). The van der Waals surface area contributed by atoms with Crippen molar-refractivity contribution in [2.75, 3.05) is 25.0 Å². The number of alkyl halides is 3. The Morgan fingerprint density at radius 2 is 2.00 bits per heavy atom. The summed E-state index contributed by atoms with van der Waals surface area (Å²) in [6, 6.07) is 3.54. The van der Waals surface area contributed by atoms with Crippen molar-refractivity contribution in [1.82, 2.24) is 4.90 Å². The number of nitrogens with one attached hydrogen (secondary N) is 1. The average Bonchev–Trinajstić information content (AvgIpc) is 2.45. The van der Waals surface area contributed by atoms with Crippen molar-refractivity contribution in [2.24, 2.45) is 5.92 Å². The third-order valence-electron chi connectivity index (χ3n) is 3.85. The Balaban J connectivity index is 1.95. The Kier molecular flexibility index (Phi) is 5.21. The fourth-order valence-corrected chi connectivity index (χ4v) is 2.62. The molecule has 1 fully saturated rings. The Morgan fingerprint density at radius 3 is 2.59 bits per heavy atom. The lowest BCUT2D eigenvalue weighted by atomic mass is 9.99. The minimum absolute atomic E-state index is 0.0205. The van der Waals surface area contributed by atoms with Crippen molar-refractivity contribution in [2.45, 2.75) is 25.9 Å².